The molecule has 1 rings (SSSR count). The van der Waals surface area contributed by atoms with E-state index in [1.54, 1.807) is 0 Å². The molecule has 0 aliphatic heterocycles. The Kier molecular flexibility index (Phi) is 17.6. The third kappa shape index (κ3) is 10.7. The van der Waals surface area contributed by atoms with Crippen molar-refractivity contribution in [3.63, 3.8) is 0 Å². The molecule has 1 amide bonds. The van der Waals surface area contributed by atoms with E-state index in [9.17, 15) is 38.7 Å². The standard InChI is InChI=1S/C13H19NO10P2.3Na/c15-11(16)8-9-2-4-10(5-3-9)12(17)14-7-1-6-13(18,25(19,20)21)26(22,23)24;;;/h2-5,18H,1,6-8H2,(H,14,17)(H,15,16)(H2,19,20,21)(H2,22,23,24);;;/q;3*+1/p-3. The minimum absolute atomic E-state index is 0. The Morgan fingerprint density at radius 2 is 1.45 bits per heavy atom. The van der Waals surface area contributed by atoms with E-state index in [-0.39, 0.29) is 107 Å². The number of carboxylic acids is 1. The summed E-state index contributed by atoms with van der Waals surface area (Å²) in [6.07, 6.45) is -1.79. The first-order valence-corrected chi connectivity index (χ1v) is 10.3. The zero-order chi connectivity index (χ0) is 20.2. The number of aliphatic hydroxyl groups is 1. The van der Waals surface area contributed by atoms with Gasteiger partial charge in [0.25, 0.3) is 5.91 Å². The predicted octanol–water partition coefficient (Wildman–Crippen LogP) is -11.8. The molecule has 4 N–H and O–H groups in total. The van der Waals surface area contributed by atoms with Crippen molar-refractivity contribution in [3.05, 3.63) is 35.4 Å². The van der Waals surface area contributed by atoms with Crippen LogP contribution < -0.4 is 109 Å². The van der Waals surface area contributed by atoms with Gasteiger partial charge in [-0.05, 0) is 30.5 Å². The zero-order valence-corrected chi connectivity index (χ0v) is 24.0. The van der Waals surface area contributed by atoms with E-state index in [1.165, 1.54) is 24.3 Å². The number of benzene rings is 1. The Morgan fingerprint density at radius 1 is 1.00 bits per heavy atom. The van der Waals surface area contributed by atoms with E-state index < -0.39 is 45.0 Å². The summed E-state index contributed by atoms with van der Waals surface area (Å²) in [7, 11) is -11.7. The van der Waals surface area contributed by atoms with E-state index in [0.717, 1.165) is 0 Å². The first-order chi connectivity index (χ1) is 11.8. The number of carbonyl (C=O) groups is 2. The molecule has 29 heavy (non-hydrogen) atoms. The van der Waals surface area contributed by atoms with Gasteiger partial charge in [0.15, 0.2) is 20.3 Å². The second kappa shape index (κ2) is 14.5. The SMILES string of the molecule is O=C([O-])Cc1ccc(C(=O)NCCCC(O)(P(=O)([O-])O)P(=O)([O-])O)cc1.[Na+].[Na+].[Na+]. The van der Waals surface area contributed by atoms with E-state index in [1.807, 2.05) is 0 Å². The van der Waals surface area contributed by atoms with Gasteiger partial charge in [0.2, 0.25) is 0 Å². The van der Waals surface area contributed by atoms with Crippen molar-refractivity contribution in [2.45, 2.75) is 24.3 Å². The second-order valence-corrected chi connectivity index (χ2v) is 9.33. The molecular weight excluding hydrogens is 461 g/mol. The molecular formula is C13H16NNa3O10P2. The molecule has 146 valence electrons. The molecule has 0 spiro atoms. The summed E-state index contributed by atoms with van der Waals surface area (Å²) in [6.45, 7) is -0.276. The van der Waals surface area contributed by atoms with Crippen LogP contribution in [0.25, 0.3) is 0 Å². The third-order valence-corrected chi connectivity index (χ3v) is 7.22. The Hall–Kier alpha value is 1.42. The number of carboxylic acid groups (broad SMARTS) is 1. The summed E-state index contributed by atoms with van der Waals surface area (Å²) < 4.78 is 22.1. The smallest absolute Gasteiger partial charge is 0.776 e. The number of aliphatic carboxylic acids is 1. The molecule has 2 unspecified atom stereocenters. The zero-order valence-electron chi connectivity index (χ0n) is 16.2. The molecule has 0 saturated heterocycles. The molecule has 16 heteroatoms. The summed E-state index contributed by atoms with van der Waals surface area (Å²) >= 11 is 0. The van der Waals surface area contributed by atoms with Crippen molar-refractivity contribution in [2.75, 3.05) is 6.54 Å². The van der Waals surface area contributed by atoms with E-state index in [4.69, 9.17) is 9.79 Å². The molecule has 1 aromatic carbocycles. The van der Waals surface area contributed by atoms with Gasteiger partial charge in [-0.3, -0.25) is 4.79 Å². The summed E-state index contributed by atoms with van der Waals surface area (Å²) in [4.78, 5) is 62.0. The quantitative estimate of drug-likeness (QED) is 0.150. The van der Waals surface area contributed by atoms with Gasteiger partial charge in [-0.15, -0.1) is 0 Å². The monoisotopic (exact) mass is 477 g/mol. The summed E-state index contributed by atoms with van der Waals surface area (Å²) in [5.41, 5.74) is 0.561. The van der Waals surface area contributed by atoms with Crippen LogP contribution in [0.15, 0.2) is 24.3 Å². The fourth-order valence-electron chi connectivity index (χ4n) is 2.01. The van der Waals surface area contributed by atoms with Gasteiger partial charge in [0, 0.05) is 24.5 Å². The van der Waals surface area contributed by atoms with E-state index in [2.05, 4.69) is 5.32 Å². The second-order valence-electron chi connectivity index (χ2n) is 5.42. The first-order valence-electron chi connectivity index (χ1n) is 7.15. The van der Waals surface area contributed by atoms with Crippen molar-refractivity contribution < 1.29 is 137 Å². The molecule has 0 saturated carbocycles. The van der Waals surface area contributed by atoms with Gasteiger partial charge >= 0.3 is 88.7 Å². The van der Waals surface area contributed by atoms with Crippen LogP contribution in [0.3, 0.4) is 0 Å². The molecule has 1 aromatic rings. The Bertz CT molecular complexity index is 743. The fourth-order valence-corrected chi connectivity index (χ4v) is 4.17. The fraction of sp³-hybridized carbons (Fsp3) is 0.385. The van der Waals surface area contributed by atoms with Crippen molar-refractivity contribution >= 4 is 27.1 Å². The van der Waals surface area contributed by atoms with Crippen LogP contribution in [0.2, 0.25) is 0 Å². The summed E-state index contributed by atoms with van der Waals surface area (Å²) in [5, 5.41) is 18.6. The number of hydrogen-bond donors (Lipinski definition) is 4. The van der Waals surface area contributed by atoms with Crippen LogP contribution in [0.5, 0.6) is 0 Å². The van der Waals surface area contributed by atoms with E-state index >= 15 is 0 Å². The van der Waals surface area contributed by atoms with Crippen LogP contribution in [0.1, 0.15) is 28.8 Å². The van der Waals surface area contributed by atoms with Crippen molar-refractivity contribution in [3.8, 4) is 0 Å². The largest absolute Gasteiger partial charge is 1.00 e. The maximum absolute atomic E-state index is 11.9. The van der Waals surface area contributed by atoms with Gasteiger partial charge < -0.3 is 49.0 Å². The molecule has 11 nitrogen and oxygen atoms in total. The van der Waals surface area contributed by atoms with Crippen LogP contribution in [-0.4, -0.2) is 38.4 Å². The molecule has 0 radical (unpaired) electrons. The minimum Gasteiger partial charge on any atom is -0.776 e. The number of nitrogens with one attached hydrogen (secondary N) is 1. The number of amides is 1. The van der Waals surface area contributed by atoms with Crippen LogP contribution >= 0.6 is 15.2 Å². The number of rotatable bonds is 9. The Morgan fingerprint density at radius 3 is 1.83 bits per heavy atom. The van der Waals surface area contributed by atoms with Crippen LogP contribution in [0.4, 0.5) is 0 Å². The van der Waals surface area contributed by atoms with Crippen LogP contribution in [-0.2, 0) is 20.3 Å². The maximum atomic E-state index is 11.9. The molecule has 0 aromatic heterocycles. The minimum atomic E-state index is -5.83. The predicted molar refractivity (Wildman–Crippen MR) is 81.3 cm³/mol. The number of carbonyl (C=O) groups excluding carboxylic acids is 2. The Balaban J connectivity index is -0.00000225. The molecule has 0 heterocycles. The van der Waals surface area contributed by atoms with Gasteiger partial charge in [-0.25, -0.2) is 0 Å². The Labute approximate surface area is 233 Å². The topological polar surface area (TPSA) is 210 Å². The third-order valence-electron chi connectivity index (χ3n) is 3.44. The first kappa shape index (κ1) is 35.0. The molecule has 0 bridgehead atoms. The number of hydrogen-bond acceptors (Lipinski definition) is 8. The van der Waals surface area contributed by atoms with Gasteiger partial charge in [-0.1, -0.05) is 12.1 Å². The molecule has 0 aliphatic rings. The van der Waals surface area contributed by atoms with Gasteiger partial charge in [0.05, 0.1) is 0 Å². The average Bonchev–Trinajstić information content (AvgIpc) is 2.49. The summed E-state index contributed by atoms with van der Waals surface area (Å²) in [6, 6.07) is 5.46. The van der Waals surface area contributed by atoms with Crippen LogP contribution in [0, 0.1) is 0 Å². The van der Waals surface area contributed by atoms with Gasteiger partial charge in [0.1, 0.15) is 0 Å². The van der Waals surface area contributed by atoms with E-state index in [0.29, 0.717) is 5.56 Å². The normalized spacial score (nSPS) is 16.3. The van der Waals surface area contributed by atoms with Crippen molar-refractivity contribution in [1.29, 1.82) is 0 Å². The van der Waals surface area contributed by atoms with Crippen molar-refractivity contribution in [2.24, 2.45) is 0 Å². The average molecular weight is 477 g/mol. The molecule has 0 fully saturated rings. The van der Waals surface area contributed by atoms with Crippen molar-refractivity contribution in [1.82, 2.24) is 5.32 Å². The molecule has 0 aliphatic carbocycles. The summed E-state index contributed by atoms with van der Waals surface area (Å²) in [5.74, 6) is -1.91. The molecule has 2 atom stereocenters. The maximum Gasteiger partial charge on any atom is 1.00 e. The van der Waals surface area contributed by atoms with Gasteiger partial charge in [-0.2, -0.15) is 0 Å².